The largest absolute Gasteiger partial charge is 0.439 e. The molecule has 2 aromatic carbocycles. The third kappa shape index (κ3) is 5.65. The van der Waals surface area contributed by atoms with Crippen LogP contribution in [0.3, 0.4) is 0 Å². The minimum absolute atomic E-state index is 0.141. The molecule has 0 bridgehead atoms. The van der Waals surface area contributed by atoms with Crippen LogP contribution in [0.2, 0.25) is 0 Å². The van der Waals surface area contributed by atoms with Crippen LogP contribution < -0.4 is 15.4 Å². The van der Waals surface area contributed by atoms with E-state index >= 15 is 0 Å². The van der Waals surface area contributed by atoms with Crippen molar-refractivity contribution in [3.63, 3.8) is 0 Å². The first-order valence-electron chi connectivity index (χ1n) is 8.54. The number of rotatable bonds is 6. The molecule has 0 saturated carbocycles. The summed E-state index contributed by atoms with van der Waals surface area (Å²) in [7, 11) is 0. The topological polar surface area (TPSA) is 80.3 Å². The van der Waals surface area contributed by atoms with E-state index in [1.54, 1.807) is 18.2 Å². The molecule has 0 atom stereocenters. The van der Waals surface area contributed by atoms with Gasteiger partial charge in [-0.1, -0.05) is 28.1 Å². The molecule has 0 spiro atoms. The summed E-state index contributed by atoms with van der Waals surface area (Å²) in [6.45, 7) is 1.79. The summed E-state index contributed by atoms with van der Waals surface area (Å²) in [6, 6.07) is 18.0. The molecule has 3 rings (SSSR count). The zero-order valence-electron chi connectivity index (χ0n) is 15.1. The summed E-state index contributed by atoms with van der Waals surface area (Å²) < 4.78 is 6.60. The lowest BCUT2D eigenvalue weighted by atomic mass is 10.2. The number of pyridine rings is 1. The molecule has 0 aliphatic heterocycles. The average Bonchev–Trinajstić information content (AvgIpc) is 2.68. The van der Waals surface area contributed by atoms with Gasteiger partial charge in [-0.25, -0.2) is 4.98 Å². The zero-order chi connectivity index (χ0) is 19.9. The van der Waals surface area contributed by atoms with E-state index in [1.807, 2.05) is 42.5 Å². The van der Waals surface area contributed by atoms with Gasteiger partial charge in [0.15, 0.2) is 0 Å². The normalized spacial score (nSPS) is 10.2. The van der Waals surface area contributed by atoms with Gasteiger partial charge in [0.1, 0.15) is 5.75 Å². The van der Waals surface area contributed by atoms with Gasteiger partial charge < -0.3 is 15.4 Å². The number of hydrogen-bond acceptors (Lipinski definition) is 4. The third-order valence-corrected chi connectivity index (χ3v) is 4.26. The van der Waals surface area contributed by atoms with E-state index in [0.29, 0.717) is 29.4 Å². The van der Waals surface area contributed by atoms with E-state index in [9.17, 15) is 9.59 Å². The van der Waals surface area contributed by atoms with Crippen molar-refractivity contribution >= 4 is 33.4 Å². The first-order valence-corrected chi connectivity index (χ1v) is 9.33. The maximum Gasteiger partial charge on any atom is 0.253 e. The van der Waals surface area contributed by atoms with Gasteiger partial charge in [-0.05, 0) is 48.0 Å². The summed E-state index contributed by atoms with van der Waals surface area (Å²) in [5, 5.41) is 5.55. The number of carbonyl (C=O) groups is 2. The van der Waals surface area contributed by atoms with Gasteiger partial charge in [-0.15, -0.1) is 0 Å². The highest BCUT2D eigenvalue weighted by molar-refractivity contribution is 9.10. The monoisotopic (exact) mass is 439 g/mol. The van der Waals surface area contributed by atoms with Crippen LogP contribution in [0.25, 0.3) is 0 Å². The Kier molecular flexibility index (Phi) is 6.39. The van der Waals surface area contributed by atoms with Gasteiger partial charge in [0.2, 0.25) is 11.8 Å². The van der Waals surface area contributed by atoms with E-state index in [2.05, 4.69) is 31.5 Å². The quantitative estimate of drug-likeness (QED) is 0.591. The molecule has 142 valence electrons. The van der Waals surface area contributed by atoms with E-state index in [0.717, 1.165) is 10.0 Å². The van der Waals surface area contributed by atoms with Crippen LogP contribution in [-0.4, -0.2) is 16.8 Å². The summed E-state index contributed by atoms with van der Waals surface area (Å²) >= 11 is 3.37. The molecule has 0 unspecified atom stereocenters. The highest BCUT2D eigenvalue weighted by Crippen LogP contribution is 2.21. The number of nitrogens with zero attached hydrogens (tertiary/aromatic N) is 1. The number of hydrogen-bond donors (Lipinski definition) is 2. The fourth-order valence-electron chi connectivity index (χ4n) is 2.45. The van der Waals surface area contributed by atoms with E-state index in [4.69, 9.17) is 4.74 Å². The van der Waals surface area contributed by atoms with Crippen molar-refractivity contribution in [1.82, 2.24) is 10.3 Å². The Labute approximate surface area is 171 Å². The molecular weight excluding hydrogens is 422 g/mol. The second kappa shape index (κ2) is 9.14. The van der Waals surface area contributed by atoms with Crippen LogP contribution in [0, 0.1) is 0 Å². The summed E-state index contributed by atoms with van der Waals surface area (Å²) in [5.74, 6) is 0.680. The van der Waals surface area contributed by atoms with Crippen LogP contribution >= 0.6 is 15.9 Å². The van der Waals surface area contributed by atoms with Crippen molar-refractivity contribution in [2.45, 2.75) is 13.5 Å². The van der Waals surface area contributed by atoms with Crippen LogP contribution in [-0.2, 0) is 11.3 Å². The molecule has 2 amide bonds. The summed E-state index contributed by atoms with van der Waals surface area (Å²) in [4.78, 5) is 27.6. The lowest BCUT2D eigenvalue weighted by molar-refractivity contribution is -0.114. The molecule has 6 nitrogen and oxygen atoms in total. The Morgan fingerprint density at radius 3 is 2.54 bits per heavy atom. The highest BCUT2D eigenvalue weighted by atomic mass is 79.9. The molecule has 1 aromatic heterocycles. The molecule has 7 heteroatoms. The predicted octanol–water partition coefficient (Wildman–Crippen LogP) is 4.52. The first-order chi connectivity index (χ1) is 13.5. The molecule has 28 heavy (non-hydrogen) atoms. The van der Waals surface area contributed by atoms with E-state index in [-0.39, 0.29) is 11.8 Å². The van der Waals surface area contributed by atoms with Crippen molar-refractivity contribution in [3.05, 3.63) is 82.5 Å². The highest BCUT2D eigenvalue weighted by Gasteiger charge is 2.07. The Balaban J connectivity index is 1.57. The van der Waals surface area contributed by atoms with Gasteiger partial charge >= 0.3 is 0 Å². The van der Waals surface area contributed by atoms with Crippen molar-refractivity contribution in [2.75, 3.05) is 5.32 Å². The number of anilines is 1. The standard InChI is InChI=1S/C21H18BrN3O3/c1-14(26)25-18-4-2-3-15(11-18)12-24-21(27)16-5-10-20(23-13-16)28-19-8-6-17(22)7-9-19/h2-11,13H,12H2,1H3,(H,24,27)(H,25,26). The first kappa shape index (κ1) is 19.6. The molecule has 3 aromatic rings. The van der Waals surface area contributed by atoms with Gasteiger partial charge in [0, 0.05) is 35.9 Å². The Morgan fingerprint density at radius 1 is 1.07 bits per heavy atom. The van der Waals surface area contributed by atoms with Crippen molar-refractivity contribution in [1.29, 1.82) is 0 Å². The number of carbonyl (C=O) groups excluding carboxylic acids is 2. The molecule has 2 N–H and O–H groups in total. The fraction of sp³-hybridized carbons (Fsp3) is 0.0952. The minimum Gasteiger partial charge on any atom is -0.439 e. The van der Waals surface area contributed by atoms with Crippen molar-refractivity contribution in [2.24, 2.45) is 0 Å². The van der Waals surface area contributed by atoms with Crippen LogP contribution in [0.1, 0.15) is 22.8 Å². The lowest BCUT2D eigenvalue weighted by Crippen LogP contribution is -2.23. The van der Waals surface area contributed by atoms with Crippen molar-refractivity contribution in [3.8, 4) is 11.6 Å². The number of halogens is 1. The Bertz CT molecular complexity index is 973. The maximum atomic E-state index is 12.3. The number of nitrogens with one attached hydrogen (secondary N) is 2. The predicted molar refractivity (Wildman–Crippen MR) is 110 cm³/mol. The van der Waals surface area contributed by atoms with Crippen LogP contribution in [0.5, 0.6) is 11.6 Å². The summed E-state index contributed by atoms with van der Waals surface area (Å²) in [6.07, 6.45) is 1.47. The maximum absolute atomic E-state index is 12.3. The molecule has 0 radical (unpaired) electrons. The smallest absolute Gasteiger partial charge is 0.253 e. The number of amides is 2. The van der Waals surface area contributed by atoms with Crippen LogP contribution in [0.4, 0.5) is 5.69 Å². The van der Waals surface area contributed by atoms with Crippen LogP contribution in [0.15, 0.2) is 71.3 Å². The fourth-order valence-corrected chi connectivity index (χ4v) is 2.71. The van der Waals surface area contributed by atoms with Gasteiger partial charge in [-0.3, -0.25) is 9.59 Å². The SMILES string of the molecule is CC(=O)Nc1cccc(CNC(=O)c2ccc(Oc3ccc(Br)cc3)nc2)c1. The van der Waals surface area contributed by atoms with E-state index < -0.39 is 0 Å². The Hall–Kier alpha value is -3.19. The second-order valence-electron chi connectivity index (χ2n) is 6.01. The molecule has 1 heterocycles. The number of benzene rings is 2. The van der Waals surface area contributed by atoms with Crippen molar-refractivity contribution < 1.29 is 14.3 Å². The second-order valence-corrected chi connectivity index (χ2v) is 6.92. The van der Waals surface area contributed by atoms with Gasteiger partial charge in [-0.2, -0.15) is 0 Å². The molecule has 0 aliphatic carbocycles. The minimum atomic E-state index is -0.243. The lowest BCUT2D eigenvalue weighted by Gasteiger charge is -2.08. The van der Waals surface area contributed by atoms with Gasteiger partial charge in [0.25, 0.3) is 5.91 Å². The number of ether oxygens (including phenoxy) is 1. The summed E-state index contributed by atoms with van der Waals surface area (Å²) in [5.41, 5.74) is 2.00. The molecule has 0 aliphatic rings. The number of aromatic nitrogens is 1. The Morgan fingerprint density at radius 2 is 1.86 bits per heavy atom. The zero-order valence-corrected chi connectivity index (χ0v) is 16.7. The molecular formula is C21H18BrN3O3. The average molecular weight is 440 g/mol. The van der Waals surface area contributed by atoms with Gasteiger partial charge in [0.05, 0.1) is 5.56 Å². The van der Waals surface area contributed by atoms with E-state index in [1.165, 1.54) is 13.1 Å². The molecule has 0 fully saturated rings. The molecule has 0 saturated heterocycles. The third-order valence-electron chi connectivity index (χ3n) is 3.74.